The van der Waals surface area contributed by atoms with Crippen molar-refractivity contribution in [2.24, 2.45) is 0 Å². The monoisotopic (exact) mass is 255 g/mol. The Kier molecular flexibility index (Phi) is 2.19. The topological polar surface area (TPSA) is 57.8 Å². The van der Waals surface area contributed by atoms with Gasteiger partial charge in [-0.2, -0.15) is 0 Å². The number of aromatic amines is 1. The van der Waals surface area contributed by atoms with Crippen molar-refractivity contribution >= 4 is 21.8 Å². The summed E-state index contributed by atoms with van der Waals surface area (Å²) in [6.45, 7) is 1.23. The summed E-state index contributed by atoms with van der Waals surface area (Å²) in [7, 11) is 0. The second-order valence-corrected chi connectivity index (χ2v) is 4.80. The van der Waals surface area contributed by atoms with Crippen LogP contribution >= 0.6 is 0 Å². The second-order valence-electron chi connectivity index (χ2n) is 4.80. The largest absolute Gasteiger partial charge is 0.504 e. The van der Waals surface area contributed by atoms with Gasteiger partial charge in [-0.15, -0.1) is 0 Å². The molecule has 2 N–H and O–H groups in total. The lowest BCUT2D eigenvalue weighted by Crippen LogP contribution is -2.04. The summed E-state index contributed by atoms with van der Waals surface area (Å²) in [4.78, 5) is 3.33. The Hall–Kier alpha value is -2.20. The number of fused-ring (bicyclic) bond motifs is 3. The molecule has 3 aromatic rings. The summed E-state index contributed by atoms with van der Waals surface area (Å²) < 4.78 is 10.7. The number of ether oxygens (including phenoxy) is 2. The molecule has 2 aromatic carbocycles. The number of aromatic hydroxyl groups is 1. The van der Waals surface area contributed by atoms with Crippen molar-refractivity contribution in [1.29, 1.82) is 0 Å². The lowest BCUT2D eigenvalue weighted by atomic mass is 10.1. The van der Waals surface area contributed by atoms with E-state index in [1.165, 1.54) is 0 Å². The summed E-state index contributed by atoms with van der Waals surface area (Å²) in [6.07, 6.45) is 0.179. The molecule has 4 heteroatoms. The van der Waals surface area contributed by atoms with E-state index in [-0.39, 0.29) is 11.9 Å². The molecule has 1 aromatic heterocycles. The van der Waals surface area contributed by atoms with Crippen LogP contribution in [0.2, 0.25) is 0 Å². The smallest absolute Gasteiger partial charge is 0.163 e. The van der Waals surface area contributed by atoms with E-state index >= 15 is 0 Å². The highest BCUT2D eigenvalue weighted by Gasteiger charge is 2.23. The molecule has 19 heavy (non-hydrogen) atoms. The van der Waals surface area contributed by atoms with Crippen LogP contribution in [0.4, 0.5) is 0 Å². The highest BCUT2D eigenvalue weighted by Crippen LogP contribution is 2.35. The van der Waals surface area contributed by atoms with E-state index in [9.17, 15) is 5.11 Å². The SMILES string of the molecule is Oc1cc2c(cc1OC[C@@H]1CO1)[nH]c1ccccc12. The predicted molar refractivity (Wildman–Crippen MR) is 72.7 cm³/mol. The minimum Gasteiger partial charge on any atom is -0.504 e. The van der Waals surface area contributed by atoms with E-state index in [0.717, 1.165) is 28.4 Å². The lowest BCUT2D eigenvalue weighted by Gasteiger charge is -2.06. The normalized spacial score (nSPS) is 18.0. The van der Waals surface area contributed by atoms with Crippen molar-refractivity contribution < 1.29 is 14.6 Å². The molecule has 0 saturated carbocycles. The molecular formula is C15H13NO3. The number of aromatic nitrogens is 1. The number of hydrogen-bond acceptors (Lipinski definition) is 3. The number of rotatable bonds is 3. The van der Waals surface area contributed by atoms with Crippen molar-refractivity contribution in [2.45, 2.75) is 6.10 Å². The van der Waals surface area contributed by atoms with Gasteiger partial charge < -0.3 is 19.6 Å². The first-order valence-electron chi connectivity index (χ1n) is 6.29. The number of para-hydroxylation sites is 1. The number of H-pyrrole nitrogens is 1. The van der Waals surface area contributed by atoms with E-state index in [4.69, 9.17) is 9.47 Å². The van der Waals surface area contributed by atoms with Crippen LogP contribution < -0.4 is 4.74 Å². The highest BCUT2D eigenvalue weighted by atomic mass is 16.6. The molecule has 2 heterocycles. The molecule has 0 bridgehead atoms. The molecule has 1 atom stereocenters. The van der Waals surface area contributed by atoms with E-state index < -0.39 is 0 Å². The van der Waals surface area contributed by atoms with Crippen LogP contribution in [0.3, 0.4) is 0 Å². The first-order chi connectivity index (χ1) is 9.31. The van der Waals surface area contributed by atoms with Crippen molar-refractivity contribution in [1.82, 2.24) is 4.98 Å². The zero-order valence-corrected chi connectivity index (χ0v) is 10.2. The van der Waals surface area contributed by atoms with Gasteiger partial charge in [-0.25, -0.2) is 0 Å². The Balaban J connectivity index is 1.82. The number of nitrogens with one attached hydrogen (secondary N) is 1. The molecule has 0 spiro atoms. The van der Waals surface area contributed by atoms with Crippen molar-refractivity contribution in [3.63, 3.8) is 0 Å². The predicted octanol–water partition coefficient (Wildman–Crippen LogP) is 2.80. The van der Waals surface area contributed by atoms with Crippen LogP contribution in [0, 0.1) is 0 Å². The molecule has 4 nitrogen and oxygen atoms in total. The summed E-state index contributed by atoms with van der Waals surface area (Å²) in [5.41, 5.74) is 2.02. The molecule has 0 radical (unpaired) electrons. The minimum absolute atomic E-state index is 0.165. The van der Waals surface area contributed by atoms with Crippen LogP contribution in [-0.2, 0) is 4.74 Å². The third kappa shape index (κ3) is 1.81. The van der Waals surface area contributed by atoms with Gasteiger partial charge in [-0.05, 0) is 12.1 Å². The number of hydrogen-bond donors (Lipinski definition) is 2. The van der Waals surface area contributed by atoms with Gasteiger partial charge >= 0.3 is 0 Å². The summed E-state index contributed by atoms with van der Waals surface area (Å²) in [5.74, 6) is 0.660. The highest BCUT2D eigenvalue weighted by molar-refractivity contribution is 6.08. The van der Waals surface area contributed by atoms with Gasteiger partial charge in [0.25, 0.3) is 0 Å². The standard InChI is InChI=1S/C15H13NO3/c17-14-5-11-10-3-1-2-4-12(10)16-13(11)6-15(14)19-8-9-7-18-9/h1-6,9,16-17H,7-8H2/t9-/m0/s1. The van der Waals surface area contributed by atoms with Crippen LogP contribution in [0.15, 0.2) is 36.4 Å². The molecular weight excluding hydrogens is 242 g/mol. The van der Waals surface area contributed by atoms with Gasteiger partial charge in [0.15, 0.2) is 11.5 Å². The van der Waals surface area contributed by atoms with E-state index in [2.05, 4.69) is 4.98 Å². The van der Waals surface area contributed by atoms with Crippen molar-refractivity contribution in [2.75, 3.05) is 13.2 Å². The Bertz CT molecular complexity index is 759. The maximum Gasteiger partial charge on any atom is 0.163 e. The van der Waals surface area contributed by atoms with Gasteiger partial charge in [-0.3, -0.25) is 0 Å². The van der Waals surface area contributed by atoms with Gasteiger partial charge in [0.05, 0.1) is 12.1 Å². The van der Waals surface area contributed by atoms with Gasteiger partial charge in [0, 0.05) is 22.4 Å². The molecule has 1 aliphatic heterocycles. The third-order valence-electron chi connectivity index (χ3n) is 3.41. The maximum absolute atomic E-state index is 10.0. The van der Waals surface area contributed by atoms with E-state index in [1.807, 2.05) is 30.3 Å². The zero-order valence-electron chi connectivity index (χ0n) is 10.2. The molecule has 0 unspecified atom stereocenters. The number of epoxide rings is 1. The van der Waals surface area contributed by atoms with Crippen molar-refractivity contribution in [3.05, 3.63) is 36.4 Å². The van der Waals surface area contributed by atoms with Gasteiger partial charge in [0.2, 0.25) is 0 Å². The average Bonchev–Trinajstić information content (AvgIpc) is 3.18. The van der Waals surface area contributed by atoms with Crippen LogP contribution in [0.1, 0.15) is 0 Å². The minimum atomic E-state index is 0.165. The van der Waals surface area contributed by atoms with Crippen LogP contribution in [0.25, 0.3) is 21.8 Å². The molecule has 96 valence electrons. The lowest BCUT2D eigenvalue weighted by molar-refractivity contribution is 0.254. The van der Waals surface area contributed by atoms with Crippen LogP contribution in [0.5, 0.6) is 11.5 Å². The Morgan fingerprint density at radius 1 is 1.21 bits per heavy atom. The Morgan fingerprint density at radius 2 is 2.05 bits per heavy atom. The van der Waals surface area contributed by atoms with E-state index in [1.54, 1.807) is 6.07 Å². The fourth-order valence-corrected chi connectivity index (χ4v) is 2.33. The fourth-order valence-electron chi connectivity index (χ4n) is 2.33. The number of phenols is 1. The number of phenolic OH excluding ortho intramolecular Hbond substituents is 1. The zero-order chi connectivity index (χ0) is 12.8. The average molecular weight is 255 g/mol. The molecule has 0 amide bonds. The van der Waals surface area contributed by atoms with E-state index in [0.29, 0.717) is 12.4 Å². The third-order valence-corrected chi connectivity index (χ3v) is 3.41. The molecule has 1 saturated heterocycles. The Labute approximate surface area is 109 Å². The fraction of sp³-hybridized carbons (Fsp3) is 0.200. The molecule has 0 aliphatic carbocycles. The quantitative estimate of drug-likeness (QED) is 0.707. The maximum atomic E-state index is 10.0. The first kappa shape index (κ1) is 10.7. The second kappa shape index (κ2) is 3.90. The molecule has 1 fully saturated rings. The van der Waals surface area contributed by atoms with Gasteiger partial charge in [-0.1, -0.05) is 18.2 Å². The summed E-state index contributed by atoms with van der Waals surface area (Å²) in [6, 6.07) is 11.6. The number of benzene rings is 2. The summed E-state index contributed by atoms with van der Waals surface area (Å²) >= 11 is 0. The van der Waals surface area contributed by atoms with Crippen LogP contribution in [-0.4, -0.2) is 29.4 Å². The molecule has 1 aliphatic rings. The van der Waals surface area contributed by atoms with Crippen molar-refractivity contribution in [3.8, 4) is 11.5 Å². The first-order valence-corrected chi connectivity index (χ1v) is 6.29. The van der Waals surface area contributed by atoms with Gasteiger partial charge in [0.1, 0.15) is 12.7 Å². The summed E-state index contributed by atoms with van der Waals surface area (Å²) in [5, 5.41) is 12.1. The molecule has 4 rings (SSSR count). The Morgan fingerprint density at radius 3 is 2.89 bits per heavy atom.